The summed E-state index contributed by atoms with van der Waals surface area (Å²) in [5.41, 5.74) is 1.70. The summed E-state index contributed by atoms with van der Waals surface area (Å²) < 4.78 is 26.3. The van der Waals surface area contributed by atoms with E-state index in [0.29, 0.717) is 24.8 Å². The normalized spacial score (nSPS) is 20.0. The molecule has 1 fully saturated rings. The molecule has 0 aliphatic heterocycles. The summed E-state index contributed by atoms with van der Waals surface area (Å²) >= 11 is 0. The Bertz CT molecular complexity index is 937. The van der Waals surface area contributed by atoms with Crippen LogP contribution in [-0.2, 0) is 17.6 Å². The molecular weight excluding hydrogens is 390 g/mol. The first-order valence-corrected chi connectivity index (χ1v) is 9.98. The molecule has 2 aromatic rings. The summed E-state index contributed by atoms with van der Waals surface area (Å²) in [6.45, 7) is 0. The number of hydrogen-bond acceptors (Lipinski definition) is 3. The third-order valence-electron chi connectivity index (χ3n) is 5.61. The van der Waals surface area contributed by atoms with Gasteiger partial charge in [0.15, 0.2) is 11.6 Å². The fraction of sp³-hybridized carbons (Fsp3) is 0.333. The Hall–Kier alpha value is -2.86. The summed E-state index contributed by atoms with van der Waals surface area (Å²) in [5.74, 6) is -2.76. The van der Waals surface area contributed by atoms with Crippen molar-refractivity contribution in [3.05, 3.63) is 82.9 Å². The van der Waals surface area contributed by atoms with E-state index in [2.05, 4.69) is 0 Å². The molecule has 0 aromatic heterocycles. The third-order valence-corrected chi connectivity index (χ3v) is 5.61. The van der Waals surface area contributed by atoms with E-state index in [1.807, 2.05) is 6.08 Å². The minimum Gasteiger partial charge on any atom is -0.478 e. The largest absolute Gasteiger partial charge is 0.478 e. The maximum Gasteiger partial charge on any atom is 0.335 e. The van der Waals surface area contributed by atoms with E-state index >= 15 is 0 Å². The molecular formula is C24H24F2O4. The van der Waals surface area contributed by atoms with Crippen molar-refractivity contribution in [2.75, 3.05) is 0 Å². The second-order valence-electron chi connectivity index (χ2n) is 7.72. The molecule has 0 amide bonds. The smallest absolute Gasteiger partial charge is 0.335 e. The number of carboxylic acids is 1. The van der Waals surface area contributed by atoms with E-state index in [9.17, 15) is 23.5 Å². The number of halogens is 2. The van der Waals surface area contributed by atoms with Crippen LogP contribution in [0.3, 0.4) is 0 Å². The number of aliphatic hydroxyl groups is 1. The molecule has 2 aromatic carbocycles. The van der Waals surface area contributed by atoms with Crippen molar-refractivity contribution in [1.29, 1.82) is 0 Å². The van der Waals surface area contributed by atoms with Gasteiger partial charge in [-0.2, -0.15) is 0 Å². The summed E-state index contributed by atoms with van der Waals surface area (Å²) in [6, 6.07) is 10.2. The first-order chi connectivity index (χ1) is 14.3. The van der Waals surface area contributed by atoms with Crippen LogP contribution in [0, 0.1) is 23.5 Å². The molecule has 3 rings (SSSR count). The number of aromatic carboxylic acids is 1. The SMILES string of the molecule is O=C(O)c1ccc(CC[C@H]2C(=O)CCC2/C=C/C(O)Cc2ccc(F)c(F)c2)cc1. The van der Waals surface area contributed by atoms with Gasteiger partial charge in [0.05, 0.1) is 11.7 Å². The van der Waals surface area contributed by atoms with E-state index in [0.717, 1.165) is 24.1 Å². The van der Waals surface area contributed by atoms with Crippen LogP contribution < -0.4 is 0 Å². The van der Waals surface area contributed by atoms with Gasteiger partial charge < -0.3 is 10.2 Å². The topological polar surface area (TPSA) is 74.6 Å². The molecule has 6 heteroatoms. The lowest BCUT2D eigenvalue weighted by molar-refractivity contribution is -0.121. The quantitative estimate of drug-likeness (QED) is 0.630. The van der Waals surface area contributed by atoms with Crippen molar-refractivity contribution in [2.45, 2.75) is 38.2 Å². The molecule has 1 saturated carbocycles. The zero-order valence-electron chi connectivity index (χ0n) is 16.4. The molecule has 2 unspecified atom stereocenters. The number of aryl methyl sites for hydroxylation is 1. The van der Waals surface area contributed by atoms with Crippen LogP contribution >= 0.6 is 0 Å². The van der Waals surface area contributed by atoms with Crippen LogP contribution in [0.4, 0.5) is 8.78 Å². The molecule has 4 nitrogen and oxygen atoms in total. The van der Waals surface area contributed by atoms with Gasteiger partial charge in [0.1, 0.15) is 5.78 Å². The standard InChI is InChI=1S/C24H24F2O4/c25-21-11-4-16(14-22(21)26)13-19(27)9-7-17-8-12-23(28)20(17)10-3-15-1-5-18(6-2-15)24(29)30/h1-2,4-7,9,11,14,17,19-20,27H,3,8,10,12-13H2,(H,29,30)/b9-7+/t17?,19?,20-/m1/s1. The van der Waals surface area contributed by atoms with Crippen LogP contribution in [0.15, 0.2) is 54.6 Å². The predicted octanol–water partition coefficient (Wildman–Crippen LogP) is 4.35. The fourth-order valence-corrected chi connectivity index (χ4v) is 3.92. The van der Waals surface area contributed by atoms with Crippen molar-refractivity contribution in [2.24, 2.45) is 11.8 Å². The van der Waals surface area contributed by atoms with Crippen LogP contribution in [0.1, 0.15) is 40.7 Å². The predicted molar refractivity (Wildman–Crippen MR) is 108 cm³/mol. The van der Waals surface area contributed by atoms with E-state index in [-0.39, 0.29) is 29.6 Å². The molecule has 1 aliphatic carbocycles. The van der Waals surface area contributed by atoms with Crippen molar-refractivity contribution < 1.29 is 28.6 Å². The van der Waals surface area contributed by atoms with Crippen LogP contribution in [0.5, 0.6) is 0 Å². The number of carbonyl (C=O) groups excluding carboxylic acids is 1. The third kappa shape index (κ3) is 5.60. The van der Waals surface area contributed by atoms with Gasteiger partial charge in [0.2, 0.25) is 0 Å². The van der Waals surface area contributed by atoms with Crippen molar-refractivity contribution in [1.82, 2.24) is 0 Å². The number of carboxylic acid groups (broad SMARTS) is 1. The van der Waals surface area contributed by atoms with E-state index in [4.69, 9.17) is 5.11 Å². The van der Waals surface area contributed by atoms with Crippen molar-refractivity contribution >= 4 is 11.8 Å². The number of carbonyl (C=O) groups is 2. The molecule has 3 atom stereocenters. The molecule has 0 saturated heterocycles. The van der Waals surface area contributed by atoms with Gasteiger partial charge in [0.25, 0.3) is 0 Å². The highest BCUT2D eigenvalue weighted by molar-refractivity contribution is 5.87. The summed E-state index contributed by atoms with van der Waals surface area (Å²) in [5, 5.41) is 19.2. The number of benzene rings is 2. The summed E-state index contributed by atoms with van der Waals surface area (Å²) in [4.78, 5) is 23.2. The van der Waals surface area contributed by atoms with E-state index in [1.54, 1.807) is 30.3 Å². The van der Waals surface area contributed by atoms with Gasteiger partial charge in [-0.05, 0) is 60.6 Å². The van der Waals surface area contributed by atoms with Crippen LogP contribution in [-0.4, -0.2) is 28.1 Å². The Labute approximate surface area is 173 Å². The lowest BCUT2D eigenvalue weighted by Gasteiger charge is -2.16. The molecule has 158 valence electrons. The number of rotatable bonds is 8. The minimum absolute atomic E-state index is 0.0235. The summed E-state index contributed by atoms with van der Waals surface area (Å²) in [6.07, 6.45) is 5.32. The molecule has 0 radical (unpaired) electrons. The minimum atomic E-state index is -0.973. The highest BCUT2D eigenvalue weighted by atomic mass is 19.2. The first-order valence-electron chi connectivity index (χ1n) is 9.98. The van der Waals surface area contributed by atoms with E-state index < -0.39 is 23.7 Å². The molecule has 2 N–H and O–H groups in total. The van der Waals surface area contributed by atoms with Gasteiger partial charge in [-0.25, -0.2) is 13.6 Å². The van der Waals surface area contributed by atoms with E-state index in [1.165, 1.54) is 6.07 Å². The molecule has 0 bridgehead atoms. The maximum atomic E-state index is 13.3. The van der Waals surface area contributed by atoms with Crippen molar-refractivity contribution in [3.8, 4) is 0 Å². The number of ketones is 1. The lowest BCUT2D eigenvalue weighted by Crippen LogP contribution is -2.15. The van der Waals surface area contributed by atoms with Gasteiger partial charge >= 0.3 is 5.97 Å². The van der Waals surface area contributed by atoms with Gasteiger partial charge in [-0.15, -0.1) is 0 Å². The average molecular weight is 414 g/mol. The Morgan fingerprint density at radius 3 is 2.47 bits per heavy atom. The molecule has 0 heterocycles. The van der Waals surface area contributed by atoms with Crippen molar-refractivity contribution in [3.63, 3.8) is 0 Å². The first kappa shape index (κ1) is 21.8. The second kappa shape index (κ2) is 9.76. The number of Topliss-reactive ketones (excluding diaryl/α,β-unsaturated/α-hetero) is 1. The van der Waals surface area contributed by atoms with Gasteiger partial charge in [-0.3, -0.25) is 4.79 Å². The maximum absolute atomic E-state index is 13.3. The zero-order chi connectivity index (χ0) is 21.7. The molecule has 30 heavy (non-hydrogen) atoms. The van der Waals surface area contributed by atoms with Gasteiger partial charge in [-0.1, -0.05) is 30.4 Å². The van der Waals surface area contributed by atoms with Crippen LogP contribution in [0.2, 0.25) is 0 Å². The number of allylic oxidation sites excluding steroid dienone is 1. The average Bonchev–Trinajstić information content (AvgIpc) is 3.07. The Balaban J connectivity index is 1.57. The highest BCUT2D eigenvalue weighted by Crippen LogP contribution is 2.33. The Morgan fingerprint density at radius 1 is 1.10 bits per heavy atom. The lowest BCUT2D eigenvalue weighted by atomic mass is 9.88. The monoisotopic (exact) mass is 414 g/mol. The molecule has 1 aliphatic rings. The van der Waals surface area contributed by atoms with Gasteiger partial charge in [0, 0.05) is 18.8 Å². The Morgan fingerprint density at radius 2 is 1.80 bits per heavy atom. The summed E-state index contributed by atoms with van der Waals surface area (Å²) in [7, 11) is 0. The van der Waals surface area contributed by atoms with Crippen LogP contribution in [0.25, 0.3) is 0 Å². The number of hydrogen-bond donors (Lipinski definition) is 2. The fourth-order valence-electron chi connectivity index (χ4n) is 3.92. The second-order valence-corrected chi connectivity index (χ2v) is 7.72. The number of aliphatic hydroxyl groups excluding tert-OH is 1. The molecule has 0 spiro atoms. The highest BCUT2D eigenvalue weighted by Gasteiger charge is 2.32. The Kier molecular flexibility index (Phi) is 7.11. The zero-order valence-corrected chi connectivity index (χ0v) is 16.4.